The minimum Gasteiger partial charge on any atom is -0.490 e. The number of hydrogen-bond donors (Lipinski definition) is 2. The summed E-state index contributed by atoms with van der Waals surface area (Å²) in [7, 11) is 0. The van der Waals surface area contributed by atoms with E-state index in [1.54, 1.807) is 0 Å². The molecule has 2 rings (SSSR count). The van der Waals surface area contributed by atoms with Crippen molar-refractivity contribution in [3.63, 3.8) is 0 Å². The number of aliphatic hydroxyl groups excluding tert-OH is 1. The van der Waals surface area contributed by atoms with Crippen LogP contribution in [-0.4, -0.2) is 35.6 Å². The van der Waals surface area contributed by atoms with Crippen molar-refractivity contribution in [2.75, 3.05) is 13.2 Å². The largest absolute Gasteiger partial charge is 0.490 e. The van der Waals surface area contributed by atoms with E-state index in [-0.39, 0.29) is 12.0 Å². The van der Waals surface area contributed by atoms with Crippen LogP contribution < -0.4 is 10.1 Å². The van der Waals surface area contributed by atoms with Gasteiger partial charge in [-0.2, -0.15) is 0 Å². The second kappa shape index (κ2) is 9.01. The summed E-state index contributed by atoms with van der Waals surface area (Å²) in [6.45, 7) is 11.1. The van der Waals surface area contributed by atoms with Crippen molar-refractivity contribution in [1.29, 1.82) is 0 Å². The third kappa shape index (κ3) is 6.32. The van der Waals surface area contributed by atoms with Gasteiger partial charge in [0.15, 0.2) is 5.76 Å². The molecule has 0 aliphatic rings. The lowest BCUT2D eigenvalue weighted by molar-refractivity contribution is 0.104. The topological polar surface area (TPSA) is 67.5 Å². The number of benzene rings is 1. The highest BCUT2D eigenvalue weighted by Crippen LogP contribution is 2.24. The molecule has 2 aromatic rings. The van der Waals surface area contributed by atoms with Crippen LogP contribution in [0.1, 0.15) is 51.6 Å². The Morgan fingerprint density at radius 1 is 1.23 bits per heavy atom. The van der Waals surface area contributed by atoms with Gasteiger partial charge in [0.25, 0.3) is 0 Å². The van der Waals surface area contributed by atoms with Gasteiger partial charge in [0.05, 0.1) is 5.69 Å². The maximum absolute atomic E-state index is 10.0. The minimum absolute atomic E-state index is 0.0449. The van der Waals surface area contributed by atoms with Crippen molar-refractivity contribution in [1.82, 2.24) is 10.5 Å². The lowest BCUT2D eigenvalue weighted by Gasteiger charge is -2.16. The number of para-hydroxylation sites is 1. The van der Waals surface area contributed by atoms with E-state index in [1.165, 1.54) is 0 Å². The van der Waals surface area contributed by atoms with Crippen molar-refractivity contribution in [2.45, 2.75) is 52.2 Å². The lowest BCUT2D eigenvalue weighted by Crippen LogP contribution is -2.35. The molecule has 0 aliphatic heterocycles. The molecule has 1 unspecified atom stereocenters. The summed E-state index contributed by atoms with van der Waals surface area (Å²) in [5.41, 5.74) is 1.80. The molecule has 5 nitrogen and oxygen atoms in total. The summed E-state index contributed by atoms with van der Waals surface area (Å²) in [5.74, 6) is 1.42. The second-order valence-electron chi connectivity index (χ2n) is 7.76. The molecule has 0 saturated heterocycles. The first kappa shape index (κ1) is 20.2. The molecule has 1 atom stereocenters. The maximum atomic E-state index is 10.0. The average Bonchev–Trinajstić information content (AvgIpc) is 3.06. The van der Waals surface area contributed by atoms with Crippen LogP contribution in [0.3, 0.4) is 0 Å². The third-order valence-corrected chi connectivity index (χ3v) is 3.84. The lowest BCUT2D eigenvalue weighted by atomic mass is 9.92. The average molecular weight is 358 g/mol. The monoisotopic (exact) mass is 358 g/mol. The highest BCUT2D eigenvalue weighted by Gasteiger charge is 2.18. The molecule has 1 heterocycles. The predicted molar refractivity (Wildman–Crippen MR) is 105 cm³/mol. The van der Waals surface area contributed by atoms with E-state index in [9.17, 15) is 5.11 Å². The van der Waals surface area contributed by atoms with Crippen molar-refractivity contribution in [2.24, 2.45) is 0 Å². The van der Waals surface area contributed by atoms with Crippen LogP contribution in [0.25, 0.3) is 12.2 Å². The number of rotatable bonds is 8. The Labute approximate surface area is 156 Å². The molecule has 2 N–H and O–H groups in total. The number of aromatic nitrogens is 1. The zero-order valence-electron chi connectivity index (χ0n) is 16.3. The van der Waals surface area contributed by atoms with E-state index in [4.69, 9.17) is 9.26 Å². The first-order chi connectivity index (χ1) is 12.3. The summed E-state index contributed by atoms with van der Waals surface area (Å²) in [5, 5.41) is 17.3. The molecule has 1 aromatic carbocycles. The van der Waals surface area contributed by atoms with Gasteiger partial charge < -0.3 is 19.7 Å². The van der Waals surface area contributed by atoms with E-state index in [0.717, 1.165) is 17.0 Å². The summed E-state index contributed by atoms with van der Waals surface area (Å²) in [6, 6.07) is 10.00. The van der Waals surface area contributed by atoms with Crippen molar-refractivity contribution < 1.29 is 14.4 Å². The highest BCUT2D eigenvalue weighted by atomic mass is 16.5. The first-order valence-electron chi connectivity index (χ1n) is 9.04. The molecular weight excluding hydrogens is 328 g/mol. The van der Waals surface area contributed by atoms with Crippen molar-refractivity contribution in [3.8, 4) is 5.75 Å². The number of ether oxygens (including phenoxy) is 1. The molecule has 1 aromatic heterocycles. The van der Waals surface area contributed by atoms with Crippen molar-refractivity contribution in [3.05, 3.63) is 47.3 Å². The Morgan fingerprint density at radius 2 is 1.96 bits per heavy atom. The van der Waals surface area contributed by atoms with Crippen molar-refractivity contribution >= 4 is 12.2 Å². The fourth-order valence-corrected chi connectivity index (χ4v) is 2.26. The summed E-state index contributed by atoms with van der Waals surface area (Å²) >= 11 is 0. The molecule has 0 aliphatic carbocycles. The van der Waals surface area contributed by atoms with E-state index >= 15 is 0 Å². The Morgan fingerprint density at radius 3 is 2.62 bits per heavy atom. The molecule has 0 fully saturated rings. The summed E-state index contributed by atoms with van der Waals surface area (Å²) < 4.78 is 11.2. The normalized spacial score (nSPS) is 13.5. The highest BCUT2D eigenvalue weighted by molar-refractivity contribution is 5.70. The fourth-order valence-electron chi connectivity index (χ4n) is 2.26. The molecular formula is C21H30N2O3. The van der Waals surface area contributed by atoms with Gasteiger partial charge in [0.1, 0.15) is 18.5 Å². The number of aliphatic hydroxyl groups is 1. The van der Waals surface area contributed by atoms with Gasteiger partial charge in [-0.1, -0.05) is 58.0 Å². The van der Waals surface area contributed by atoms with Crippen LogP contribution in [0.2, 0.25) is 0 Å². The Balaban J connectivity index is 2.01. The summed E-state index contributed by atoms with van der Waals surface area (Å²) in [4.78, 5) is 0. The van der Waals surface area contributed by atoms with Crippen LogP contribution in [0.5, 0.6) is 5.75 Å². The number of nitrogens with one attached hydrogen (secondary N) is 1. The first-order valence-corrected chi connectivity index (χ1v) is 9.04. The van der Waals surface area contributed by atoms with Crippen LogP contribution in [-0.2, 0) is 5.41 Å². The molecule has 0 bridgehead atoms. The van der Waals surface area contributed by atoms with E-state index in [1.807, 2.05) is 56.3 Å². The number of hydrogen-bond acceptors (Lipinski definition) is 5. The Bertz CT molecular complexity index is 714. The summed E-state index contributed by atoms with van der Waals surface area (Å²) in [6.07, 6.45) is 3.25. The van der Waals surface area contributed by atoms with Gasteiger partial charge in [0.2, 0.25) is 0 Å². The minimum atomic E-state index is -0.557. The zero-order valence-corrected chi connectivity index (χ0v) is 16.3. The molecule has 0 saturated carbocycles. The van der Waals surface area contributed by atoms with E-state index in [0.29, 0.717) is 18.3 Å². The fraction of sp³-hybridized carbons (Fsp3) is 0.476. The molecule has 0 amide bonds. The third-order valence-electron chi connectivity index (χ3n) is 3.84. The van der Waals surface area contributed by atoms with E-state index < -0.39 is 6.10 Å². The van der Waals surface area contributed by atoms with Gasteiger partial charge in [-0.3, -0.25) is 0 Å². The van der Waals surface area contributed by atoms with Gasteiger partial charge >= 0.3 is 0 Å². The second-order valence-corrected chi connectivity index (χ2v) is 7.76. The number of nitrogens with zero attached hydrogens (tertiary/aromatic N) is 1. The quantitative estimate of drug-likeness (QED) is 0.749. The predicted octanol–water partition coefficient (Wildman–Crippen LogP) is 3.88. The smallest absolute Gasteiger partial charge is 0.159 e. The molecule has 26 heavy (non-hydrogen) atoms. The van der Waals surface area contributed by atoms with Crippen LogP contribution in [0, 0.1) is 0 Å². The molecule has 0 radical (unpaired) electrons. The van der Waals surface area contributed by atoms with Gasteiger partial charge in [-0.25, -0.2) is 0 Å². The van der Waals surface area contributed by atoms with Crippen LogP contribution in [0.4, 0.5) is 0 Å². The Kier molecular flexibility index (Phi) is 7.00. The van der Waals surface area contributed by atoms with E-state index in [2.05, 4.69) is 31.2 Å². The molecule has 5 heteroatoms. The van der Waals surface area contributed by atoms with Crippen LogP contribution in [0.15, 0.2) is 34.9 Å². The molecule has 0 spiro atoms. The standard InChI is InChI=1S/C21H30N2O3/c1-15(2)22-13-17(24)14-25-19-9-7-6-8-16(19)10-11-18-12-20(23-26-18)21(3,4)5/h6-12,15,17,22,24H,13-14H2,1-5H3/b11-10-. The maximum Gasteiger partial charge on any atom is 0.159 e. The SMILES string of the molecule is CC(C)NCC(O)COc1ccccc1/C=C\c1cc(C(C)(C)C)no1. The van der Waals surface area contributed by atoms with Gasteiger partial charge in [-0.15, -0.1) is 0 Å². The molecule has 142 valence electrons. The van der Waals surface area contributed by atoms with Gasteiger partial charge in [-0.05, 0) is 18.2 Å². The Hall–Kier alpha value is -2.11. The van der Waals surface area contributed by atoms with Gasteiger partial charge in [0, 0.05) is 29.6 Å². The van der Waals surface area contributed by atoms with Crippen LogP contribution >= 0.6 is 0 Å². The zero-order chi connectivity index (χ0) is 19.2.